The summed E-state index contributed by atoms with van der Waals surface area (Å²) in [5, 5.41) is 19.0. The van der Waals surface area contributed by atoms with Gasteiger partial charge in [-0.15, -0.1) is 0 Å². The maximum atomic E-state index is 13.0. The van der Waals surface area contributed by atoms with Crippen LogP contribution in [-0.4, -0.2) is 72.0 Å². The minimum Gasteiger partial charge on any atom is -0.480 e. The third-order valence-electron chi connectivity index (χ3n) is 5.09. The van der Waals surface area contributed by atoms with Crippen molar-refractivity contribution in [2.75, 3.05) is 30.9 Å². The number of rotatable bonds is 16. The highest BCUT2D eigenvalue weighted by Gasteiger charge is 2.26. The van der Waals surface area contributed by atoms with Crippen LogP contribution in [0.4, 0.5) is 0 Å². The topological polar surface area (TPSA) is 116 Å². The molecule has 176 valence electrons. The number of aliphatic carboxylic acids is 1. The summed E-state index contributed by atoms with van der Waals surface area (Å²) in [4.78, 5) is 24.6. The average Bonchev–Trinajstić information content (AvgIpc) is 2.75. The van der Waals surface area contributed by atoms with E-state index in [9.17, 15) is 14.7 Å². The van der Waals surface area contributed by atoms with Crippen molar-refractivity contribution in [3.8, 4) is 0 Å². The molecule has 0 unspecified atom stereocenters. The van der Waals surface area contributed by atoms with E-state index in [4.69, 9.17) is 5.73 Å². The molecule has 0 aliphatic heterocycles. The average molecular weight is 471 g/mol. The van der Waals surface area contributed by atoms with E-state index in [0.717, 1.165) is 5.56 Å². The van der Waals surface area contributed by atoms with Crippen molar-refractivity contribution in [2.45, 2.75) is 50.9 Å². The first-order chi connectivity index (χ1) is 14.8. The number of hydrogen-bond donors (Lipinski definition) is 6. The van der Waals surface area contributed by atoms with Crippen molar-refractivity contribution < 1.29 is 14.7 Å². The van der Waals surface area contributed by atoms with Crippen LogP contribution >= 0.6 is 24.4 Å². The standard InChI is InChI=1S/C22H38N4O3S2/c1-15(2)20(24-12-17(23)14-30)13-25-19(11-16-7-5-4-6-8-16)21(27)26-18(22(28)29)9-10-31-3/h4-8,15,17-20,24-25,30H,9-14,23H2,1-3H3,(H,26,27)(H,28,29)/t17-,18-,19-,20-/m0/s1. The molecule has 0 fully saturated rings. The summed E-state index contributed by atoms with van der Waals surface area (Å²) >= 11 is 5.78. The van der Waals surface area contributed by atoms with E-state index < -0.39 is 18.1 Å². The molecule has 0 aromatic heterocycles. The van der Waals surface area contributed by atoms with Gasteiger partial charge in [0.2, 0.25) is 5.91 Å². The van der Waals surface area contributed by atoms with Gasteiger partial charge in [0, 0.05) is 30.9 Å². The maximum Gasteiger partial charge on any atom is 0.326 e. The van der Waals surface area contributed by atoms with Gasteiger partial charge in [0.05, 0.1) is 6.04 Å². The zero-order valence-electron chi connectivity index (χ0n) is 18.7. The quantitative estimate of drug-likeness (QED) is 0.202. The first-order valence-corrected chi connectivity index (χ1v) is 12.7. The molecule has 0 aliphatic rings. The molecule has 1 aromatic rings. The molecule has 0 radical (unpaired) electrons. The van der Waals surface area contributed by atoms with Crippen LogP contribution in [0.3, 0.4) is 0 Å². The third-order valence-corrected chi connectivity index (χ3v) is 6.20. The van der Waals surface area contributed by atoms with Crippen LogP contribution < -0.4 is 21.7 Å². The molecule has 0 heterocycles. The predicted octanol–water partition coefficient (Wildman–Crippen LogP) is 1.38. The number of thioether (sulfide) groups is 1. The van der Waals surface area contributed by atoms with Gasteiger partial charge in [-0.3, -0.25) is 4.79 Å². The molecule has 1 amide bonds. The fourth-order valence-corrected chi connectivity index (χ4v) is 3.65. The lowest BCUT2D eigenvalue weighted by Crippen LogP contribution is -2.55. The van der Waals surface area contributed by atoms with Gasteiger partial charge in [0.1, 0.15) is 6.04 Å². The second-order valence-electron chi connectivity index (χ2n) is 8.03. The molecule has 1 aromatic carbocycles. The molecule has 31 heavy (non-hydrogen) atoms. The van der Waals surface area contributed by atoms with Gasteiger partial charge in [-0.05, 0) is 36.3 Å². The van der Waals surface area contributed by atoms with Gasteiger partial charge in [-0.1, -0.05) is 44.2 Å². The number of carboxylic acids is 1. The molecule has 7 nitrogen and oxygen atoms in total. The van der Waals surface area contributed by atoms with E-state index in [1.807, 2.05) is 36.6 Å². The van der Waals surface area contributed by atoms with Crippen LogP contribution in [0.5, 0.6) is 0 Å². The molecular formula is C22H38N4O3S2. The molecule has 4 atom stereocenters. The zero-order chi connectivity index (χ0) is 23.2. The first-order valence-electron chi connectivity index (χ1n) is 10.7. The highest BCUT2D eigenvalue weighted by atomic mass is 32.2. The van der Waals surface area contributed by atoms with E-state index in [1.165, 1.54) is 0 Å². The van der Waals surface area contributed by atoms with Crippen LogP contribution in [0.2, 0.25) is 0 Å². The predicted molar refractivity (Wildman–Crippen MR) is 133 cm³/mol. The number of carboxylic acid groups (broad SMARTS) is 1. The smallest absolute Gasteiger partial charge is 0.326 e. The van der Waals surface area contributed by atoms with Crippen LogP contribution in [0.25, 0.3) is 0 Å². The summed E-state index contributed by atoms with van der Waals surface area (Å²) in [6.45, 7) is 5.42. The SMILES string of the molecule is CSCC[C@H](NC(=O)[C@H](Cc1ccccc1)NC[C@H](NC[C@H](N)CS)C(C)C)C(=O)O. The lowest BCUT2D eigenvalue weighted by atomic mass is 10.0. The fraction of sp³-hybridized carbons (Fsp3) is 0.636. The van der Waals surface area contributed by atoms with E-state index in [1.54, 1.807) is 11.8 Å². The first kappa shape index (κ1) is 27.8. The van der Waals surface area contributed by atoms with Crippen LogP contribution in [0.15, 0.2) is 30.3 Å². The number of benzene rings is 1. The number of nitrogens with one attached hydrogen (secondary N) is 3. The number of carbonyl (C=O) groups excluding carboxylic acids is 1. The number of thiol groups is 1. The monoisotopic (exact) mass is 470 g/mol. The molecule has 0 saturated carbocycles. The number of carbonyl (C=O) groups is 2. The Morgan fingerprint density at radius 1 is 1.13 bits per heavy atom. The van der Waals surface area contributed by atoms with Crippen molar-refractivity contribution in [3.05, 3.63) is 35.9 Å². The van der Waals surface area contributed by atoms with Crippen molar-refractivity contribution in [3.63, 3.8) is 0 Å². The minimum atomic E-state index is -1.01. The van der Waals surface area contributed by atoms with Crippen LogP contribution in [0.1, 0.15) is 25.8 Å². The van der Waals surface area contributed by atoms with Crippen LogP contribution in [-0.2, 0) is 16.0 Å². The Kier molecular flexibility index (Phi) is 13.9. The lowest BCUT2D eigenvalue weighted by molar-refractivity contribution is -0.142. The Bertz CT molecular complexity index is 649. The molecule has 6 N–H and O–H groups in total. The summed E-state index contributed by atoms with van der Waals surface area (Å²) in [5.41, 5.74) is 6.98. The second-order valence-corrected chi connectivity index (χ2v) is 9.38. The van der Waals surface area contributed by atoms with Crippen molar-refractivity contribution in [2.24, 2.45) is 11.7 Å². The third kappa shape index (κ3) is 11.2. The summed E-state index contributed by atoms with van der Waals surface area (Å²) in [6.07, 6.45) is 2.78. The Morgan fingerprint density at radius 2 is 1.81 bits per heavy atom. The molecule has 0 saturated heterocycles. The van der Waals surface area contributed by atoms with Crippen molar-refractivity contribution in [1.82, 2.24) is 16.0 Å². The van der Waals surface area contributed by atoms with Gasteiger partial charge in [0.25, 0.3) is 0 Å². The molecular weight excluding hydrogens is 432 g/mol. The molecule has 0 aliphatic carbocycles. The Balaban J connectivity index is 2.86. The molecule has 1 rings (SSSR count). The van der Waals surface area contributed by atoms with E-state index in [0.29, 0.717) is 43.4 Å². The van der Waals surface area contributed by atoms with Crippen LogP contribution in [0, 0.1) is 5.92 Å². The number of amides is 1. The van der Waals surface area contributed by atoms with Gasteiger partial charge >= 0.3 is 5.97 Å². The Morgan fingerprint density at radius 3 is 2.35 bits per heavy atom. The summed E-state index contributed by atoms with van der Waals surface area (Å²) < 4.78 is 0. The second kappa shape index (κ2) is 15.5. The zero-order valence-corrected chi connectivity index (χ0v) is 20.4. The summed E-state index contributed by atoms with van der Waals surface area (Å²) in [5.74, 6) is 0.277. The van der Waals surface area contributed by atoms with Crippen molar-refractivity contribution in [1.29, 1.82) is 0 Å². The lowest BCUT2D eigenvalue weighted by Gasteiger charge is -2.28. The summed E-state index contributed by atoms with van der Waals surface area (Å²) in [6, 6.07) is 8.36. The van der Waals surface area contributed by atoms with E-state index >= 15 is 0 Å². The highest BCUT2D eigenvalue weighted by molar-refractivity contribution is 7.98. The van der Waals surface area contributed by atoms with Crippen molar-refractivity contribution >= 4 is 36.3 Å². The normalized spacial score (nSPS) is 15.3. The Labute approximate surface area is 196 Å². The molecule has 0 spiro atoms. The largest absolute Gasteiger partial charge is 0.480 e. The van der Waals surface area contributed by atoms with E-state index in [-0.39, 0.29) is 18.0 Å². The molecule has 9 heteroatoms. The number of hydrogen-bond acceptors (Lipinski definition) is 7. The van der Waals surface area contributed by atoms with Gasteiger partial charge in [-0.25, -0.2) is 4.79 Å². The van der Waals surface area contributed by atoms with E-state index in [2.05, 4.69) is 42.4 Å². The van der Waals surface area contributed by atoms with Gasteiger partial charge in [-0.2, -0.15) is 24.4 Å². The maximum absolute atomic E-state index is 13.0. The molecule has 0 bridgehead atoms. The minimum absolute atomic E-state index is 0.0410. The van der Waals surface area contributed by atoms with Gasteiger partial charge < -0.3 is 26.8 Å². The summed E-state index contributed by atoms with van der Waals surface area (Å²) in [7, 11) is 0. The fourth-order valence-electron chi connectivity index (χ4n) is 3.05. The van der Waals surface area contributed by atoms with Gasteiger partial charge in [0.15, 0.2) is 0 Å². The highest BCUT2D eigenvalue weighted by Crippen LogP contribution is 2.08. The Hall–Kier alpha value is -1.26. The number of nitrogens with two attached hydrogens (primary N) is 1.